The van der Waals surface area contributed by atoms with Crippen molar-refractivity contribution in [2.75, 3.05) is 0 Å². The molecule has 0 bridgehead atoms. The number of carbonyl (C=O) groups excluding carboxylic acids is 2. The van der Waals surface area contributed by atoms with E-state index in [4.69, 9.17) is 0 Å². The van der Waals surface area contributed by atoms with Gasteiger partial charge >= 0.3 is 12.1 Å². The van der Waals surface area contributed by atoms with E-state index in [0.29, 0.717) is 10.8 Å². The summed E-state index contributed by atoms with van der Waals surface area (Å²) in [6.07, 6.45) is 0. The van der Waals surface area contributed by atoms with Gasteiger partial charge in [-0.3, -0.25) is 9.59 Å². The van der Waals surface area contributed by atoms with Gasteiger partial charge in [0, 0.05) is 0 Å². The smallest absolute Gasteiger partial charge is 0.255 e. The highest BCUT2D eigenvalue weighted by Gasteiger charge is 2.07. The van der Waals surface area contributed by atoms with Gasteiger partial charge in [-0.15, -0.1) is 0 Å². The van der Waals surface area contributed by atoms with Crippen LogP contribution in [0.4, 0.5) is 8.78 Å². The Labute approximate surface area is 89.5 Å². The number of rotatable bonds is 2. The second kappa shape index (κ2) is 3.81. The summed E-state index contributed by atoms with van der Waals surface area (Å²) in [7, 11) is 0. The van der Waals surface area contributed by atoms with Crippen molar-refractivity contribution in [2.24, 2.45) is 0 Å². The minimum atomic E-state index is -1.56. The molecule has 0 N–H and O–H groups in total. The third-order valence-electron chi connectivity index (χ3n) is 2.29. The van der Waals surface area contributed by atoms with Gasteiger partial charge in [0.05, 0.1) is 11.1 Å². The van der Waals surface area contributed by atoms with Gasteiger partial charge < -0.3 is 0 Å². The molecule has 0 aromatic heterocycles. The fourth-order valence-corrected chi connectivity index (χ4v) is 1.49. The molecule has 0 heterocycles. The van der Waals surface area contributed by atoms with Crippen molar-refractivity contribution in [2.45, 2.75) is 0 Å². The average Bonchev–Trinajstić information content (AvgIpc) is 2.27. The first kappa shape index (κ1) is 10.4. The number of benzene rings is 2. The van der Waals surface area contributed by atoms with Crippen LogP contribution in [-0.4, -0.2) is 12.1 Å². The van der Waals surface area contributed by atoms with Crippen LogP contribution < -0.4 is 0 Å². The van der Waals surface area contributed by atoms with Crippen LogP contribution in [0.3, 0.4) is 0 Å². The Kier molecular flexibility index (Phi) is 2.48. The molecule has 16 heavy (non-hydrogen) atoms. The highest BCUT2D eigenvalue weighted by atomic mass is 19.1. The maximum atomic E-state index is 12.4. The summed E-state index contributed by atoms with van der Waals surface area (Å²) in [4.78, 5) is 21.0. The summed E-state index contributed by atoms with van der Waals surface area (Å²) in [6, 6.07) is 5.19. The molecular weight excluding hydrogens is 214 g/mol. The van der Waals surface area contributed by atoms with Crippen molar-refractivity contribution in [3.8, 4) is 0 Å². The molecule has 0 atom stereocenters. The highest BCUT2D eigenvalue weighted by Crippen LogP contribution is 2.19. The molecule has 2 nitrogen and oxygen atoms in total. The Hall–Kier alpha value is -2.10. The van der Waals surface area contributed by atoms with E-state index in [-0.39, 0.29) is 11.1 Å². The van der Waals surface area contributed by atoms with E-state index in [9.17, 15) is 18.4 Å². The molecule has 0 saturated carbocycles. The number of fused-ring (bicyclic) bond motifs is 1. The van der Waals surface area contributed by atoms with Crippen LogP contribution in [0.1, 0.15) is 20.7 Å². The maximum absolute atomic E-state index is 12.4. The topological polar surface area (TPSA) is 34.1 Å². The van der Waals surface area contributed by atoms with Crippen molar-refractivity contribution in [1.29, 1.82) is 0 Å². The molecule has 0 amide bonds. The fourth-order valence-electron chi connectivity index (χ4n) is 1.49. The zero-order chi connectivity index (χ0) is 11.7. The third kappa shape index (κ3) is 1.82. The molecule has 4 heteroatoms. The van der Waals surface area contributed by atoms with E-state index in [1.54, 1.807) is 0 Å². The quantitative estimate of drug-likeness (QED) is 0.729. The lowest BCUT2D eigenvalue weighted by atomic mass is 10.0. The number of hydrogen-bond donors (Lipinski definition) is 0. The first-order valence-electron chi connectivity index (χ1n) is 4.51. The molecule has 0 saturated heterocycles. The van der Waals surface area contributed by atoms with Crippen LogP contribution in [0.5, 0.6) is 0 Å². The molecule has 80 valence electrons. The fraction of sp³-hybridized carbons (Fsp3) is 0. The van der Waals surface area contributed by atoms with Crippen LogP contribution >= 0.6 is 0 Å². The number of halogens is 2. The molecule has 0 aliphatic rings. The van der Waals surface area contributed by atoms with Gasteiger partial charge in [0.15, 0.2) is 0 Å². The molecule has 0 spiro atoms. The van der Waals surface area contributed by atoms with Crippen LogP contribution in [0.25, 0.3) is 10.8 Å². The number of hydrogen-bond acceptors (Lipinski definition) is 2. The van der Waals surface area contributed by atoms with Crippen LogP contribution in [0.15, 0.2) is 36.4 Å². The van der Waals surface area contributed by atoms with Gasteiger partial charge in [0.2, 0.25) is 0 Å². The van der Waals surface area contributed by atoms with Gasteiger partial charge in [-0.2, -0.15) is 8.78 Å². The summed E-state index contributed by atoms with van der Waals surface area (Å²) in [5, 5.41) is 1.15. The predicted molar refractivity (Wildman–Crippen MR) is 54.8 cm³/mol. The second-order valence-corrected chi connectivity index (χ2v) is 3.32. The van der Waals surface area contributed by atoms with Crippen LogP contribution in [0, 0.1) is 0 Å². The molecule has 2 aromatic rings. The largest absolute Gasteiger partial charge is 0.332 e. The lowest BCUT2D eigenvalue weighted by molar-refractivity contribution is 0.0827. The molecule has 2 rings (SSSR count). The monoisotopic (exact) mass is 220 g/mol. The first-order chi connectivity index (χ1) is 7.58. The Morgan fingerprint density at radius 3 is 1.56 bits per heavy atom. The minimum Gasteiger partial charge on any atom is -0.255 e. The van der Waals surface area contributed by atoms with E-state index < -0.39 is 12.1 Å². The summed E-state index contributed by atoms with van der Waals surface area (Å²) in [5.74, 6) is 0. The lowest BCUT2D eigenvalue weighted by Gasteiger charge is -2.00. The molecule has 0 aliphatic carbocycles. The van der Waals surface area contributed by atoms with E-state index in [0.717, 1.165) is 0 Å². The second-order valence-electron chi connectivity index (χ2n) is 3.32. The van der Waals surface area contributed by atoms with Crippen molar-refractivity contribution in [1.82, 2.24) is 0 Å². The molecule has 2 aromatic carbocycles. The first-order valence-corrected chi connectivity index (χ1v) is 4.51. The Morgan fingerprint density at radius 1 is 0.750 bits per heavy atom. The summed E-state index contributed by atoms with van der Waals surface area (Å²) in [5.41, 5.74) is -0.230. The standard InChI is InChI=1S/C12H6F2O2/c13-11(15)8-3-1-7-2-4-9(12(14)16)6-10(7)5-8/h1-6H. The Morgan fingerprint density at radius 2 is 1.19 bits per heavy atom. The lowest BCUT2D eigenvalue weighted by Crippen LogP contribution is -1.92. The Bertz CT molecular complexity index is 542. The van der Waals surface area contributed by atoms with Crippen molar-refractivity contribution < 1.29 is 18.4 Å². The van der Waals surface area contributed by atoms with Crippen LogP contribution in [-0.2, 0) is 0 Å². The minimum absolute atomic E-state index is 0.115. The zero-order valence-electron chi connectivity index (χ0n) is 8.04. The maximum Gasteiger partial charge on any atom is 0.332 e. The van der Waals surface area contributed by atoms with Gasteiger partial charge in [-0.1, -0.05) is 12.1 Å². The van der Waals surface area contributed by atoms with Gasteiger partial charge in [-0.05, 0) is 35.0 Å². The summed E-state index contributed by atoms with van der Waals surface area (Å²) in [6.45, 7) is 0. The highest BCUT2D eigenvalue weighted by molar-refractivity contribution is 5.98. The number of carbonyl (C=O) groups is 2. The summed E-state index contributed by atoms with van der Waals surface area (Å²) < 4.78 is 24.9. The van der Waals surface area contributed by atoms with E-state index >= 15 is 0 Å². The van der Waals surface area contributed by atoms with Gasteiger partial charge in [0.25, 0.3) is 0 Å². The third-order valence-corrected chi connectivity index (χ3v) is 2.29. The molecule has 0 unspecified atom stereocenters. The molecular formula is C12H6F2O2. The predicted octanol–water partition coefficient (Wildman–Crippen LogP) is 3.06. The SMILES string of the molecule is O=C(F)c1ccc2ccc(C(=O)F)cc2c1. The zero-order valence-corrected chi connectivity index (χ0v) is 8.04. The summed E-state index contributed by atoms with van der Waals surface area (Å²) >= 11 is 0. The van der Waals surface area contributed by atoms with Crippen molar-refractivity contribution >= 4 is 22.8 Å². The van der Waals surface area contributed by atoms with Crippen LogP contribution in [0.2, 0.25) is 0 Å². The average molecular weight is 220 g/mol. The molecule has 0 aliphatic heterocycles. The molecule has 0 fully saturated rings. The Balaban J connectivity index is 2.65. The van der Waals surface area contributed by atoms with Crippen molar-refractivity contribution in [3.05, 3.63) is 47.5 Å². The van der Waals surface area contributed by atoms with E-state index in [1.165, 1.54) is 36.4 Å². The van der Waals surface area contributed by atoms with Gasteiger partial charge in [0.1, 0.15) is 0 Å². The van der Waals surface area contributed by atoms with Crippen molar-refractivity contribution in [3.63, 3.8) is 0 Å². The van der Waals surface area contributed by atoms with E-state index in [2.05, 4.69) is 0 Å². The molecule has 0 radical (unpaired) electrons. The van der Waals surface area contributed by atoms with Gasteiger partial charge in [-0.25, -0.2) is 0 Å². The van der Waals surface area contributed by atoms with E-state index in [1.807, 2.05) is 0 Å². The normalized spacial score (nSPS) is 10.4.